The Morgan fingerprint density at radius 1 is 1.04 bits per heavy atom. The second kappa shape index (κ2) is 10.5. The van der Waals surface area contributed by atoms with Crippen molar-refractivity contribution in [3.8, 4) is 0 Å². The van der Waals surface area contributed by atoms with Crippen LogP contribution in [-0.2, 0) is 16.0 Å². The molecule has 0 aromatic heterocycles. The minimum Gasteiger partial charge on any atom is -0.393 e. The minimum atomic E-state index is -0.751. The van der Waals surface area contributed by atoms with E-state index in [-0.39, 0.29) is 5.92 Å². The van der Waals surface area contributed by atoms with Gasteiger partial charge in [-0.2, -0.15) is 0 Å². The minimum absolute atomic E-state index is 0.0912. The lowest BCUT2D eigenvalue weighted by Crippen LogP contribution is -2.23. The average Bonchev–Trinajstić information content (AvgIpc) is 2.67. The van der Waals surface area contributed by atoms with Gasteiger partial charge in [0.05, 0.1) is 17.8 Å². The quantitative estimate of drug-likeness (QED) is 0.415. The number of aliphatic hydroxyl groups is 2. The van der Waals surface area contributed by atoms with Gasteiger partial charge in [0, 0.05) is 6.08 Å². The highest BCUT2D eigenvalue weighted by Crippen LogP contribution is 2.14. The van der Waals surface area contributed by atoms with Crippen molar-refractivity contribution in [2.45, 2.75) is 38.9 Å². The van der Waals surface area contributed by atoms with Gasteiger partial charge in [0.15, 0.2) is 0 Å². The molecule has 2 unspecified atom stereocenters. The predicted molar refractivity (Wildman–Crippen MR) is 108 cm³/mol. The molecule has 2 N–H and O–H groups in total. The molecule has 0 saturated heterocycles. The van der Waals surface area contributed by atoms with E-state index in [0.29, 0.717) is 18.4 Å². The van der Waals surface area contributed by atoms with Gasteiger partial charge in [-0.3, -0.25) is 0 Å². The van der Waals surface area contributed by atoms with Gasteiger partial charge in [0.25, 0.3) is 0 Å². The van der Waals surface area contributed by atoms with E-state index < -0.39 is 24.1 Å². The number of benzene rings is 2. The topological polar surface area (TPSA) is 83.8 Å². The van der Waals surface area contributed by atoms with Crippen molar-refractivity contribution in [3.05, 3.63) is 77.4 Å². The zero-order chi connectivity index (χ0) is 20.5. The first-order chi connectivity index (χ1) is 13.3. The van der Waals surface area contributed by atoms with Crippen LogP contribution in [0, 0.1) is 5.92 Å². The van der Waals surface area contributed by atoms with E-state index in [2.05, 4.69) is 0 Å². The monoisotopic (exact) mass is 382 g/mol. The fourth-order valence-corrected chi connectivity index (χ4v) is 2.65. The molecule has 28 heavy (non-hydrogen) atoms. The van der Waals surface area contributed by atoms with Crippen molar-refractivity contribution in [1.82, 2.24) is 0 Å². The lowest BCUT2D eigenvalue weighted by atomic mass is 9.96. The number of carbonyl (C=O) groups is 2. The van der Waals surface area contributed by atoms with Crippen molar-refractivity contribution < 1.29 is 24.5 Å². The fraction of sp³-hybridized carbons (Fsp3) is 0.304. The molecule has 0 amide bonds. The molecular weight excluding hydrogens is 356 g/mol. The van der Waals surface area contributed by atoms with Crippen molar-refractivity contribution in [2.24, 2.45) is 5.92 Å². The fourth-order valence-electron chi connectivity index (χ4n) is 2.65. The molecule has 2 rings (SSSR count). The first kappa shape index (κ1) is 21.5. The molecule has 2 aromatic carbocycles. The average molecular weight is 382 g/mol. The van der Waals surface area contributed by atoms with E-state index in [1.54, 1.807) is 36.4 Å². The smallest absolute Gasteiger partial charge is 0.346 e. The SMILES string of the molecule is CC(C)C(O)CC(O)Cc1cccc(C=CC(=O)OC(=O)c2ccccc2)c1. The van der Waals surface area contributed by atoms with E-state index in [0.717, 1.165) is 11.1 Å². The molecule has 0 spiro atoms. The molecule has 0 radical (unpaired) electrons. The van der Waals surface area contributed by atoms with Crippen molar-refractivity contribution >= 4 is 18.0 Å². The molecule has 148 valence electrons. The molecule has 0 heterocycles. The molecule has 0 bridgehead atoms. The molecule has 5 heteroatoms. The van der Waals surface area contributed by atoms with Crippen molar-refractivity contribution in [2.75, 3.05) is 0 Å². The maximum atomic E-state index is 11.9. The summed E-state index contributed by atoms with van der Waals surface area (Å²) in [6, 6.07) is 15.6. The molecule has 2 aromatic rings. The van der Waals surface area contributed by atoms with Gasteiger partial charge < -0.3 is 14.9 Å². The van der Waals surface area contributed by atoms with Gasteiger partial charge in [-0.05, 0) is 48.1 Å². The summed E-state index contributed by atoms with van der Waals surface area (Å²) < 4.78 is 4.79. The highest BCUT2D eigenvalue weighted by molar-refractivity contribution is 6.01. The summed E-state index contributed by atoms with van der Waals surface area (Å²) >= 11 is 0. The molecule has 0 aliphatic heterocycles. The summed E-state index contributed by atoms with van der Waals surface area (Å²) in [7, 11) is 0. The number of aliphatic hydroxyl groups excluding tert-OH is 2. The highest BCUT2D eigenvalue weighted by atomic mass is 16.6. The van der Waals surface area contributed by atoms with Crippen LogP contribution in [-0.4, -0.2) is 34.4 Å². The van der Waals surface area contributed by atoms with Crippen LogP contribution in [0.5, 0.6) is 0 Å². The van der Waals surface area contributed by atoms with Crippen LogP contribution in [0.25, 0.3) is 6.08 Å². The standard InChI is InChI=1S/C23H26O5/c1-16(2)21(25)15-20(24)14-18-8-6-7-17(13-18)11-12-22(26)28-23(27)19-9-4-3-5-10-19/h3-13,16,20-21,24-25H,14-15H2,1-2H3. The first-order valence-corrected chi connectivity index (χ1v) is 9.29. The Bertz CT molecular complexity index is 811. The Morgan fingerprint density at radius 2 is 1.75 bits per heavy atom. The summed E-state index contributed by atoms with van der Waals surface area (Å²) in [6.07, 6.45) is 2.27. The number of rotatable bonds is 8. The normalized spacial score (nSPS) is 13.5. The van der Waals surface area contributed by atoms with Crippen molar-refractivity contribution in [3.63, 3.8) is 0 Å². The zero-order valence-corrected chi connectivity index (χ0v) is 16.1. The lowest BCUT2D eigenvalue weighted by Gasteiger charge is -2.18. The summed E-state index contributed by atoms with van der Waals surface area (Å²) in [5.41, 5.74) is 1.95. The second-order valence-corrected chi connectivity index (χ2v) is 7.06. The van der Waals surface area contributed by atoms with E-state index in [4.69, 9.17) is 4.74 Å². The Labute approximate surface area is 165 Å². The van der Waals surface area contributed by atoms with Crippen molar-refractivity contribution in [1.29, 1.82) is 0 Å². The molecular formula is C23H26O5. The number of hydrogen-bond acceptors (Lipinski definition) is 5. The summed E-state index contributed by atoms with van der Waals surface area (Å²) in [5, 5.41) is 20.0. The van der Waals surface area contributed by atoms with Crippen LogP contribution in [0.3, 0.4) is 0 Å². The maximum Gasteiger partial charge on any atom is 0.346 e. The van der Waals surface area contributed by atoms with Crippen LogP contribution in [0.15, 0.2) is 60.7 Å². The van der Waals surface area contributed by atoms with Gasteiger partial charge in [-0.25, -0.2) is 9.59 Å². The van der Waals surface area contributed by atoms with Crippen LogP contribution in [0.2, 0.25) is 0 Å². The second-order valence-electron chi connectivity index (χ2n) is 7.06. The highest BCUT2D eigenvalue weighted by Gasteiger charge is 2.15. The maximum absolute atomic E-state index is 11.9. The summed E-state index contributed by atoms with van der Waals surface area (Å²) in [6.45, 7) is 3.81. The zero-order valence-electron chi connectivity index (χ0n) is 16.1. The van der Waals surface area contributed by atoms with Gasteiger partial charge in [-0.1, -0.05) is 56.3 Å². The lowest BCUT2D eigenvalue weighted by molar-refractivity contribution is -0.132. The Morgan fingerprint density at radius 3 is 2.43 bits per heavy atom. The molecule has 0 fully saturated rings. The summed E-state index contributed by atoms with van der Waals surface area (Å²) in [4.78, 5) is 23.7. The van der Waals surface area contributed by atoms with E-state index in [9.17, 15) is 19.8 Å². The third kappa shape index (κ3) is 7.10. The van der Waals surface area contributed by atoms with E-state index in [1.165, 1.54) is 6.08 Å². The third-order valence-corrected chi connectivity index (χ3v) is 4.32. The predicted octanol–water partition coefficient (Wildman–Crippen LogP) is 3.39. The molecule has 2 atom stereocenters. The number of ether oxygens (including phenoxy) is 1. The van der Waals surface area contributed by atoms with E-state index in [1.807, 2.05) is 38.1 Å². The number of hydrogen-bond donors (Lipinski definition) is 2. The molecule has 5 nitrogen and oxygen atoms in total. The van der Waals surface area contributed by atoms with Gasteiger partial charge in [-0.15, -0.1) is 0 Å². The van der Waals surface area contributed by atoms with Gasteiger partial charge in [0.2, 0.25) is 0 Å². The van der Waals surface area contributed by atoms with Gasteiger partial charge >= 0.3 is 11.9 Å². The number of carbonyl (C=O) groups excluding carboxylic acids is 2. The molecule has 0 saturated carbocycles. The molecule has 0 aliphatic carbocycles. The van der Waals surface area contributed by atoms with Crippen LogP contribution >= 0.6 is 0 Å². The van der Waals surface area contributed by atoms with Crippen LogP contribution in [0.4, 0.5) is 0 Å². The van der Waals surface area contributed by atoms with Gasteiger partial charge in [0.1, 0.15) is 0 Å². The molecule has 0 aliphatic rings. The number of esters is 2. The Balaban J connectivity index is 1.92. The Kier molecular flexibility index (Phi) is 8.11. The first-order valence-electron chi connectivity index (χ1n) is 9.29. The third-order valence-electron chi connectivity index (χ3n) is 4.32. The van der Waals surface area contributed by atoms with Crippen LogP contribution in [0.1, 0.15) is 41.8 Å². The summed E-state index contributed by atoms with van der Waals surface area (Å²) in [5.74, 6) is -1.36. The van der Waals surface area contributed by atoms with E-state index >= 15 is 0 Å². The van der Waals surface area contributed by atoms with Crippen LogP contribution < -0.4 is 0 Å². The Hall–Kier alpha value is -2.76. The largest absolute Gasteiger partial charge is 0.393 e.